The minimum atomic E-state index is -0.0221. The summed E-state index contributed by atoms with van der Waals surface area (Å²) in [6.07, 6.45) is 0.669. The predicted octanol–water partition coefficient (Wildman–Crippen LogP) is 5.10. The zero-order valence-electron chi connectivity index (χ0n) is 17.2. The van der Waals surface area contributed by atoms with E-state index in [1.165, 1.54) is 16.3 Å². The summed E-state index contributed by atoms with van der Waals surface area (Å²) < 4.78 is 2.04. The number of nitrogens with one attached hydrogen (secondary N) is 1. The van der Waals surface area contributed by atoms with Gasteiger partial charge in [-0.15, -0.1) is 0 Å². The highest BCUT2D eigenvalue weighted by Crippen LogP contribution is 2.23. The van der Waals surface area contributed by atoms with Gasteiger partial charge in [0.2, 0.25) is 5.91 Å². The molecule has 0 saturated heterocycles. The molecule has 0 aliphatic rings. The minimum absolute atomic E-state index is 0.0221. The molecule has 0 unspecified atom stereocenters. The van der Waals surface area contributed by atoms with Crippen molar-refractivity contribution >= 4 is 27.7 Å². The molecule has 4 nitrogen and oxygen atoms in total. The third-order valence-corrected chi connectivity index (χ3v) is 5.60. The fourth-order valence-corrected chi connectivity index (χ4v) is 4.05. The fourth-order valence-electron chi connectivity index (χ4n) is 4.05. The molecule has 0 spiro atoms. The fraction of sp³-hybridized carbons (Fsp3) is 0.111. The van der Waals surface area contributed by atoms with Crippen molar-refractivity contribution in [1.82, 2.24) is 14.9 Å². The summed E-state index contributed by atoms with van der Waals surface area (Å²) in [4.78, 5) is 17.7. The van der Waals surface area contributed by atoms with E-state index in [4.69, 9.17) is 4.98 Å². The number of imidazole rings is 1. The molecule has 0 fully saturated rings. The summed E-state index contributed by atoms with van der Waals surface area (Å²) >= 11 is 0. The smallest absolute Gasteiger partial charge is 0.240 e. The van der Waals surface area contributed by atoms with Crippen LogP contribution in [0.25, 0.3) is 21.8 Å². The maximum Gasteiger partial charge on any atom is 0.240 e. The molecule has 4 aromatic carbocycles. The van der Waals surface area contributed by atoms with Crippen molar-refractivity contribution in [3.05, 3.63) is 114 Å². The Hall–Kier alpha value is -3.92. The molecule has 1 N–H and O–H groups in total. The number of fused-ring (bicyclic) bond motifs is 2. The molecule has 0 aliphatic carbocycles. The monoisotopic (exact) mass is 405 g/mol. The van der Waals surface area contributed by atoms with Crippen LogP contribution in [0.4, 0.5) is 0 Å². The van der Waals surface area contributed by atoms with Crippen molar-refractivity contribution in [3.63, 3.8) is 0 Å². The highest BCUT2D eigenvalue weighted by molar-refractivity contribution is 5.86. The van der Waals surface area contributed by atoms with E-state index in [1.54, 1.807) is 0 Å². The summed E-state index contributed by atoms with van der Waals surface area (Å²) in [7, 11) is 0. The van der Waals surface area contributed by atoms with Crippen LogP contribution in [0.5, 0.6) is 0 Å². The third kappa shape index (κ3) is 4.05. The second-order valence-electron chi connectivity index (χ2n) is 7.68. The van der Waals surface area contributed by atoms with Gasteiger partial charge >= 0.3 is 0 Å². The number of carbonyl (C=O) groups excluding carboxylic acids is 1. The normalized spacial score (nSPS) is 11.1. The van der Waals surface area contributed by atoms with Crippen LogP contribution in [0.15, 0.2) is 97.1 Å². The first-order chi connectivity index (χ1) is 15.3. The van der Waals surface area contributed by atoms with Crippen LogP contribution < -0.4 is 5.32 Å². The molecule has 152 valence electrons. The summed E-state index contributed by atoms with van der Waals surface area (Å²) in [5.74, 6) is 0.874. The second-order valence-corrected chi connectivity index (χ2v) is 7.68. The summed E-state index contributed by atoms with van der Waals surface area (Å²) in [6, 6.07) is 32.7. The summed E-state index contributed by atoms with van der Waals surface area (Å²) in [6.45, 7) is 0.762. The lowest BCUT2D eigenvalue weighted by atomic mass is 10.0. The number of rotatable bonds is 6. The molecule has 0 aliphatic heterocycles. The van der Waals surface area contributed by atoms with E-state index < -0.39 is 0 Å². The predicted molar refractivity (Wildman–Crippen MR) is 125 cm³/mol. The van der Waals surface area contributed by atoms with Crippen LogP contribution in [0.1, 0.15) is 17.0 Å². The Morgan fingerprint density at radius 2 is 1.55 bits per heavy atom. The van der Waals surface area contributed by atoms with E-state index in [0.717, 1.165) is 22.4 Å². The number of benzene rings is 4. The molecule has 5 aromatic rings. The van der Waals surface area contributed by atoms with E-state index >= 15 is 0 Å². The van der Waals surface area contributed by atoms with Gasteiger partial charge in [-0.3, -0.25) is 4.79 Å². The van der Waals surface area contributed by atoms with Crippen molar-refractivity contribution in [2.24, 2.45) is 0 Å². The molecule has 1 heterocycles. The van der Waals surface area contributed by atoms with Gasteiger partial charge in [-0.1, -0.05) is 84.9 Å². The topological polar surface area (TPSA) is 46.9 Å². The summed E-state index contributed by atoms with van der Waals surface area (Å²) in [5.41, 5.74) is 4.18. The number of nitrogens with zero attached hydrogens (tertiary/aromatic N) is 2. The van der Waals surface area contributed by atoms with Crippen molar-refractivity contribution in [3.8, 4) is 0 Å². The van der Waals surface area contributed by atoms with Crippen LogP contribution >= 0.6 is 0 Å². The zero-order valence-corrected chi connectivity index (χ0v) is 17.2. The van der Waals surface area contributed by atoms with Gasteiger partial charge in [0.05, 0.1) is 11.0 Å². The molecule has 1 amide bonds. The Morgan fingerprint density at radius 1 is 0.806 bits per heavy atom. The molecule has 0 bridgehead atoms. The van der Waals surface area contributed by atoms with Crippen molar-refractivity contribution in [2.45, 2.75) is 19.5 Å². The Kier molecular flexibility index (Phi) is 5.19. The first-order valence-electron chi connectivity index (χ1n) is 10.5. The van der Waals surface area contributed by atoms with Gasteiger partial charge in [0.25, 0.3) is 0 Å². The molecular formula is C27H23N3O. The van der Waals surface area contributed by atoms with Crippen molar-refractivity contribution < 1.29 is 4.79 Å². The minimum Gasteiger partial charge on any atom is -0.350 e. The standard InChI is InChI=1S/C27H23N3O/c31-27(28-18-20-9-2-1-3-10-20)19-30-25-16-7-6-15-24(25)29-26(30)17-22-13-8-12-21-11-4-5-14-23(21)22/h1-16H,17-19H2,(H,28,31). The van der Waals surface area contributed by atoms with E-state index in [-0.39, 0.29) is 12.5 Å². The summed E-state index contributed by atoms with van der Waals surface area (Å²) in [5, 5.41) is 5.47. The zero-order chi connectivity index (χ0) is 21.0. The van der Waals surface area contributed by atoms with Crippen LogP contribution in [0.2, 0.25) is 0 Å². The highest BCUT2D eigenvalue weighted by atomic mass is 16.1. The number of carbonyl (C=O) groups is 1. The molecule has 0 saturated carbocycles. The molecule has 1 aromatic heterocycles. The Bertz CT molecular complexity index is 1350. The van der Waals surface area contributed by atoms with Gasteiger partial charge in [0.1, 0.15) is 12.4 Å². The van der Waals surface area contributed by atoms with Crippen LogP contribution in [0.3, 0.4) is 0 Å². The quantitative estimate of drug-likeness (QED) is 0.427. The SMILES string of the molecule is O=C(Cn1c(Cc2cccc3ccccc23)nc2ccccc21)NCc1ccccc1. The molecule has 0 atom stereocenters. The van der Waals surface area contributed by atoms with Crippen molar-refractivity contribution in [1.29, 1.82) is 0 Å². The first-order valence-corrected chi connectivity index (χ1v) is 10.5. The van der Waals surface area contributed by atoms with E-state index in [1.807, 2.05) is 59.2 Å². The molecule has 31 heavy (non-hydrogen) atoms. The number of hydrogen-bond donors (Lipinski definition) is 1. The van der Waals surface area contributed by atoms with Gasteiger partial charge in [-0.25, -0.2) is 4.98 Å². The lowest BCUT2D eigenvalue weighted by molar-refractivity contribution is -0.121. The van der Waals surface area contributed by atoms with Crippen molar-refractivity contribution in [2.75, 3.05) is 0 Å². The molecule has 5 rings (SSSR count). The van der Waals surface area contributed by atoms with Gasteiger partial charge in [0.15, 0.2) is 0 Å². The lowest BCUT2D eigenvalue weighted by Crippen LogP contribution is -2.27. The number of hydrogen-bond acceptors (Lipinski definition) is 2. The van der Waals surface area contributed by atoms with Crippen LogP contribution in [0, 0.1) is 0 Å². The van der Waals surface area contributed by atoms with E-state index in [2.05, 4.69) is 47.8 Å². The largest absolute Gasteiger partial charge is 0.350 e. The Labute approximate surface area is 181 Å². The first kappa shape index (κ1) is 19.1. The third-order valence-electron chi connectivity index (χ3n) is 5.60. The average Bonchev–Trinajstić information content (AvgIpc) is 3.15. The Balaban J connectivity index is 1.45. The van der Waals surface area contributed by atoms with Gasteiger partial charge in [-0.05, 0) is 34.0 Å². The molecule has 4 heteroatoms. The van der Waals surface area contributed by atoms with Gasteiger partial charge in [-0.2, -0.15) is 0 Å². The number of amides is 1. The maximum absolute atomic E-state index is 12.8. The van der Waals surface area contributed by atoms with Crippen LogP contribution in [-0.2, 0) is 24.3 Å². The van der Waals surface area contributed by atoms with Crippen LogP contribution in [-0.4, -0.2) is 15.5 Å². The number of aromatic nitrogens is 2. The van der Waals surface area contributed by atoms with E-state index in [0.29, 0.717) is 13.0 Å². The average molecular weight is 406 g/mol. The molecular weight excluding hydrogens is 382 g/mol. The maximum atomic E-state index is 12.8. The van der Waals surface area contributed by atoms with E-state index in [9.17, 15) is 4.79 Å². The Morgan fingerprint density at radius 3 is 2.45 bits per heavy atom. The molecule has 0 radical (unpaired) electrons. The lowest BCUT2D eigenvalue weighted by Gasteiger charge is -2.11. The van der Waals surface area contributed by atoms with Gasteiger partial charge in [0, 0.05) is 13.0 Å². The highest BCUT2D eigenvalue weighted by Gasteiger charge is 2.15. The number of para-hydroxylation sites is 2. The van der Waals surface area contributed by atoms with Gasteiger partial charge < -0.3 is 9.88 Å². The second kappa shape index (κ2) is 8.44.